The van der Waals surface area contributed by atoms with Gasteiger partial charge >= 0.3 is 0 Å². The molecule has 10 heteroatoms. The molecule has 0 amide bonds. The van der Waals surface area contributed by atoms with Crippen LogP contribution in [0.15, 0.2) is 18.2 Å². The van der Waals surface area contributed by atoms with Crippen molar-refractivity contribution < 1.29 is 0 Å². The van der Waals surface area contributed by atoms with Gasteiger partial charge in [0.2, 0.25) is 17.8 Å². The average molecular weight is 566 g/mol. The van der Waals surface area contributed by atoms with E-state index in [9.17, 15) is 0 Å². The summed E-state index contributed by atoms with van der Waals surface area (Å²) < 4.78 is 0. The summed E-state index contributed by atoms with van der Waals surface area (Å²) in [6, 6.07) is 7.18. The van der Waals surface area contributed by atoms with Crippen molar-refractivity contribution >= 4 is 53.2 Å². The third-order valence-electron chi connectivity index (χ3n) is 7.89. The second kappa shape index (κ2) is 14.9. The van der Waals surface area contributed by atoms with Crippen LogP contribution in [0.1, 0.15) is 79.1 Å². The van der Waals surface area contributed by atoms with Gasteiger partial charge in [-0.3, -0.25) is 4.90 Å². The van der Waals surface area contributed by atoms with Crippen LogP contribution in [-0.4, -0.2) is 64.2 Å². The van der Waals surface area contributed by atoms with Crippen molar-refractivity contribution in [2.45, 2.75) is 97.2 Å². The number of halogens is 2. The highest BCUT2D eigenvalue weighted by Crippen LogP contribution is 2.30. The fraction of sp³-hybridized carbons (Fsp3) is 0.679. The fourth-order valence-electron chi connectivity index (χ4n) is 5.81. The number of hydrogen-bond acceptors (Lipinski definition) is 8. The molecule has 2 heterocycles. The lowest BCUT2D eigenvalue weighted by Gasteiger charge is -2.29. The molecule has 3 N–H and O–H groups in total. The highest BCUT2D eigenvalue weighted by atomic mass is 35.5. The molecule has 1 aromatic carbocycles. The van der Waals surface area contributed by atoms with Crippen molar-refractivity contribution in [1.82, 2.24) is 19.9 Å². The van der Waals surface area contributed by atoms with Crippen molar-refractivity contribution in [2.24, 2.45) is 0 Å². The molecule has 2 aliphatic rings. The summed E-state index contributed by atoms with van der Waals surface area (Å²) in [5.41, 5.74) is 1.90. The molecule has 1 aromatic heterocycles. The molecule has 8 nitrogen and oxygen atoms in total. The van der Waals surface area contributed by atoms with Crippen LogP contribution >= 0.6 is 24.0 Å². The van der Waals surface area contributed by atoms with E-state index in [4.69, 9.17) is 26.6 Å². The number of likely N-dealkylation sites (N-methyl/N-ethyl adjacent to an activating group) is 1. The van der Waals surface area contributed by atoms with Gasteiger partial charge in [-0.1, -0.05) is 44.2 Å². The van der Waals surface area contributed by atoms with Crippen LogP contribution in [0.25, 0.3) is 0 Å². The Bertz CT molecular complexity index is 995. The van der Waals surface area contributed by atoms with Gasteiger partial charge in [-0.2, -0.15) is 15.0 Å². The van der Waals surface area contributed by atoms with Gasteiger partial charge in [0.15, 0.2) is 0 Å². The molecule has 38 heavy (non-hydrogen) atoms. The Hall–Kier alpha value is -2.03. The van der Waals surface area contributed by atoms with Crippen molar-refractivity contribution in [3.05, 3.63) is 23.2 Å². The van der Waals surface area contributed by atoms with E-state index in [1.165, 1.54) is 38.5 Å². The van der Waals surface area contributed by atoms with Gasteiger partial charge in [0.1, 0.15) is 0 Å². The predicted octanol–water partition coefficient (Wildman–Crippen LogP) is 6.96. The maximum Gasteiger partial charge on any atom is 0.233 e. The van der Waals surface area contributed by atoms with E-state index in [0.29, 0.717) is 35.0 Å². The highest BCUT2D eigenvalue weighted by Gasteiger charge is 2.28. The predicted molar refractivity (Wildman–Crippen MR) is 164 cm³/mol. The summed E-state index contributed by atoms with van der Waals surface area (Å²) >= 11 is 6.66. The van der Waals surface area contributed by atoms with Crippen LogP contribution in [0.2, 0.25) is 5.02 Å². The van der Waals surface area contributed by atoms with E-state index in [-0.39, 0.29) is 18.4 Å². The number of nitrogens with one attached hydrogen (secondary N) is 3. The molecule has 0 radical (unpaired) electrons. The number of nitrogens with zero attached hydrogens (tertiary/aromatic N) is 5. The number of benzene rings is 1. The monoisotopic (exact) mass is 564 g/mol. The molecule has 2 fully saturated rings. The van der Waals surface area contributed by atoms with Crippen LogP contribution in [-0.2, 0) is 0 Å². The van der Waals surface area contributed by atoms with E-state index in [2.05, 4.69) is 59.5 Å². The third-order valence-corrected chi connectivity index (χ3v) is 8.19. The molecule has 1 aliphatic carbocycles. The molecular weight excluding hydrogens is 519 g/mol. The van der Waals surface area contributed by atoms with Gasteiger partial charge in [-0.15, -0.1) is 12.4 Å². The molecule has 0 spiro atoms. The van der Waals surface area contributed by atoms with Crippen LogP contribution < -0.4 is 20.9 Å². The van der Waals surface area contributed by atoms with Crippen LogP contribution in [0.4, 0.5) is 29.2 Å². The lowest BCUT2D eigenvalue weighted by Crippen LogP contribution is -2.41. The van der Waals surface area contributed by atoms with E-state index in [0.717, 1.165) is 50.4 Å². The second-order valence-electron chi connectivity index (χ2n) is 10.4. The van der Waals surface area contributed by atoms with Gasteiger partial charge in [0.25, 0.3) is 0 Å². The molecule has 1 saturated heterocycles. The van der Waals surface area contributed by atoms with Gasteiger partial charge < -0.3 is 20.9 Å². The minimum Gasteiger partial charge on any atom is -0.371 e. The molecule has 1 saturated carbocycles. The summed E-state index contributed by atoms with van der Waals surface area (Å²) in [5, 5.41) is 11.3. The lowest BCUT2D eigenvalue weighted by atomic mass is 10.1. The molecule has 212 valence electrons. The maximum absolute atomic E-state index is 6.66. The Labute approximate surface area is 240 Å². The molecular formula is C28H46Cl2N8. The number of hydrogen-bond donors (Lipinski definition) is 3. The third kappa shape index (κ3) is 7.99. The molecule has 4 rings (SSSR count). The normalized spacial score (nSPS) is 19.3. The quantitative estimate of drug-likeness (QED) is 0.253. The van der Waals surface area contributed by atoms with Crippen LogP contribution in [0.5, 0.6) is 0 Å². The summed E-state index contributed by atoms with van der Waals surface area (Å²) in [4.78, 5) is 19.1. The van der Waals surface area contributed by atoms with Crippen LogP contribution in [0, 0.1) is 0 Å². The Morgan fingerprint density at radius 2 is 1.63 bits per heavy atom. The van der Waals surface area contributed by atoms with E-state index in [1.54, 1.807) is 0 Å². The van der Waals surface area contributed by atoms with Crippen molar-refractivity contribution in [3.63, 3.8) is 0 Å². The summed E-state index contributed by atoms with van der Waals surface area (Å²) in [6.07, 6.45) is 9.88. The number of aromatic nitrogens is 3. The number of likely N-dealkylation sites (tertiary alicyclic amines) is 1. The molecule has 2 atom stereocenters. The zero-order valence-electron chi connectivity index (χ0n) is 23.5. The highest BCUT2D eigenvalue weighted by molar-refractivity contribution is 6.33. The SMILES string of the molecule is CCN(CC)c1ccc(Nc2nc(NC3CCCCCC3)nc(NC(C)C3CCCN3CC)n2)cc1Cl.Cl. The summed E-state index contributed by atoms with van der Waals surface area (Å²) in [7, 11) is 0. The minimum atomic E-state index is 0. The minimum absolute atomic E-state index is 0. The van der Waals surface area contributed by atoms with Gasteiger partial charge in [-0.25, -0.2) is 0 Å². The first-order valence-corrected chi connectivity index (χ1v) is 14.7. The largest absolute Gasteiger partial charge is 0.371 e. The molecule has 2 unspecified atom stereocenters. The Balaban J connectivity index is 0.00000400. The summed E-state index contributed by atoms with van der Waals surface area (Å²) in [5.74, 6) is 1.75. The van der Waals surface area contributed by atoms with E-state index in [1.807, 2.05) is 12.1 Å². The lowest BCUT2D eigenvalue weighted by molar-refractivity contribution is 0.249. The van der Waals surface area contributed by atoms with Crippen molar-refractivity contribution in [1.29, 1.82) is 0 Å². The molecule has 2 aromatic rings. The zero-order chi connectivity index (χ0) is 26.2. The Morgan fingerprint density at radius 3 is 2.29 bits per heavy atom. The van der Waals surface area contributed by atoms with Crippen molar-refractivity contribution in [2.75, 3.05) is 47.0 Å². The smallest absolute Gasteiger partial charge is 0.233 e. The first-order valence-electron chi connectivity index (χ1n) is 14.3. The molecule has 0 bridgehead atoms. The zero-order valence-corrected chi connectivity index (χ0v) is 25.0. The van der Waals surface area contributed by atoms with Crippen molar-refractivity contribution in [3.8, 4) is 0 Å². The van der Waals surface area contributed by atoms with E-state index >= 15 is 0 Å². The topological polar surface area (TPSA) is 81.2 Å². The first-order chi connectivity index (χ1) is 18.0. The Morgan fingerprint density at radius 1 is 0.947 bits per heavy atom. The Kier molecular flexibility index (Phi) is 12.0. The number of anilines is 5. The average Bonchev–Trinajstić information content (AvgIpc) is 3.23. The maximum atomic E-state index is 6.66. The van der Waals surface area contributed by atoms with Gasteiger partial charge in [-0.05, 0) is 77.7 Å². The number of rotatable bonds is 11. The summed E-state index contributed by atoms with van der Waals surface area (Å²) in [6.45, 7) is 12.8. The second-order valence-corrected chi connectivity index (χ2v) is 10.8. The fourth-order valence-corrected chi connectivity index (χ4v) is 6.11. The standard InChI is InChI=1S/C28H45ClN8.ClH/c1-5-36(6-2)25-17-16-22(19-23(25)29)32-28-34-26(30-20(4)24-15-12-18-37(24)7-3)33-27(35-28)31-21-13-10-8-9-11-14-21;/h16-17,19-21,24H,5-15,18H2,1-4H3,(H3,30,31,32,33,34,35);1H. The van der Waals surface area contributed by atoms with Gasteiger partial charge in [0, 0.05) is 36.9 Å². The van der Waals surface area contributed by atoms with E-state index < -0.39 is 0 Å². The van der Waals surface area contributed by atoms with Gasteiger partial charge in [0.05, 0.1) is 10.7 Å². The van der Waals surface area contributed by atoms with Crippen LogP contribution in [0.3, 0.4) is 0 Å². The first kappa shape index (κ1) is 30.5. The molecule has 1 aliphatic heterocycles.